The van der Waals surface area contributed by atoms with Gasteiger partial charge in [-0.2, -0.15) is 0 Å². The Kier molecular flexibility index (Phi) is 3.90. The first kappa shape index (κ1) is 11.8. The highest BCUT2D eigenvalue weighted by molar-refractivity contribution is 7.79. The second-order valence-corrected chi connectivity index (χ2v) is 4.52. The summed E-state index contributed by atoms with van der Waals surface area (Å²) >= 11 is -1.83. The average molecular weight is 247 g/mol. The van der Waals surface area contributed by atoms with Crippen LogP contribution in [-0.2, 0) is 11.1 Å². The van der Waals surface area contributed by atoms with E-state index >= 15 is 0 Å². The summed E-state index contributed by atoms with van der Waals surface area (Å²) in [6.45, 7) is 0. The molecular formula is C13H13NO2S. The van der Waals surface area contributed by atoms with Gasteiger partial charge in [-0.15, -0.1) is 0 Å². The topological polar surface area (TPSA) is 49.3 Å². The molecule has 4 heteroatoms. The second kappa shape index (κ2) is 5.61. The van der Waals surface area contributed by atoms with E-state index in [9.17, 15) is 4.21 Å². The highest BCUT2D eigenvalue weighted by atomic mass is 32.2. The molecule has 2 aromatic rings. The highest BCUT2D eigenvalue weighted by Gasteiger charge is 1.99. The summed E-state index contributed by atoms with van der Waals surface area (Å²) in [5.41, 5.74) is 3.05. The van der Waals surface area contributed by atoms with Crippen molar-refractivity contribution in [2.45, 2.75) is 0 Å². The Hall–Kier alpha value is -1.65. The molecule has 88 valence electrons. The molecule has 2 aromatic carbocycles. The van der Waals surface area contributed by atoms with Crippen LogP contribution in [0.1, 0.15) is 0 Å². The van der Waals surface area contributed by atoms with Gasteiger partial charge in [0, 0.05) is 5.69 Å². The standard InChI is InChI=1S/C13H13NO2S/c15-17(16)10-14-13-8-4-7-12(9-13)11-5-2-1-3-6-11/h1-9,14H,10H2,(H,15,16). The zero-order valence-corrected chi connectivity index (χ0v) is 9.98. The van der Waals surface area contributed by atoms with Gasteiger partial charge in [0.15, 0.2) is 11.1 Å². The smallest absolute Gasteiger partial charge is 0.172 e. The SMILES string of the molecule is O=S(O)CNc1cccc(-c2ccccc2)c1. The van der Waals surface area contributed by atoms with Crippen molar-refractivity contribution < 1.29 is 8.76 Å². The van der Waals surface area contributed by atoms with Crippen LogP contribution in [0.4, 0.5) is 5.69 Å². The van der Waals surface area contributed by atoms with E-state index in [0.29, 0.717) is 0 Å². The number of benzene rings is 2. The molecule has 0 amide bonds. The highest BCUT2D eigenvalue weighted by Crippen LogP contribution is 2.22. The first-order chi connectivity index (χ1) is 8.25. The Balaban J connectivity index is 2.20. The Labute approximate surface area is 103 Å². The monoisotopic (exact) mass is 247 g/mol. The van der Waals surface area contributed by atoms with E-state index in [2.05, 4.69) is 5.32 Å². The largest absolute Gasteiger partial charge is 0.372 e. The van der Waals surface area contributed by atoms with E-state index in [1.165, 1.54) is 0 Å². The first-order valence-corrected chi connectivity index (χ1v) is 6.50. The maximum Gasteiger partial charge on any atom is 0.172 e. The quantitative estimate of drug-likeness (QED) is 0.817. The van der Waals surface area contributed by atoms with Crippen molar-refractivity contribution in [3.8, 4) is 11.1 Å². The third-order valence-electron chi connectivity index (χ3n) is 2.37. The third-order valence-corrected chi connectivity index (χ3v) is 2.76. The number of hydrogen-bond acceptors (Lipinski definition) is 2. The Morgan fingerprint density at radius 3 is 2.41 bits per heavy atom. The lowest BCUT2D eigenvalue weighted by molar-refractivity contribution is 0.566. The van der Waals surface area contributed by atoms with Crippen molar-refractivity contribution in [3.05, 3.63) is 54.6 Å². The predicted octanol–water partition coefficient (Wildman–Crippen LogP) is 2.94. The summed E-state index contributed by atoms with van der Waals surface area (Å²) in [5.74, 6) is 0.0399. The van der Waals surface area contributed by atoms with Crippen LogP contribution < -0.4 is 5.32 Å². The van der Waals surface area contributed by atoms with Crippen LogP contribution in [0, 0.1) is 0 Å². The summed E-state index contributed by atoms with van der Waals surface area (Å²) in [6, 6.07) is 17.8. The molecular weight excluding hydrogens is 234 g/mol. The zero-order chi connectivity index (χ0) is 12.1. The van der Waals surface area contributed by atoms with Gasteiger partial charge < -0.3 is 9.87 Å². The van der Waals surface area contributed by atoms with E-state index in [-0.39, 0.29) is 5.88 Å². The molecule has 1 atom stereocenters. The maximum atomic E-state index is 10.6. The Morgan fingerprint density at radius 1 is 1.00 bits per heavy atom. The summed E-state index contributed by atoms with van der Waals surface area (Å²) in [7, 11) is 0. The summed E-state index contributed by atoms with van der Waals surface area (Å²) in [5, 5.41) is 2.90. The molecule has 1 unspecified atom stereocenters. The molecule has 0 fully saturated rings. The van der Waals surface area contributed by atoms with E-state index in [4.69, 9.17) is 4.55 Å². The van der Waals surface area contributed by atoms with Gasteiger partial charge in [0.05, 0.1) is 0 Å². The lowest BCUT2D eigenvalue weighted by atomic mass is 10.1. The van der Waals surface area contributed by atoms with Crippen LogP contribution in [0.25, 0.3) is 11.1 Å². The summed E-state index contributed by atoms with van der Waals surface area (Å²) in [6.07, 6.45) is 0. The fourth-order valence-corrected chi connectivity index (χ4v) is 1.87. The number of anilines is 1. The fourth-order valence-electron chi connectivity index (χ4n) is 1.58. The molecule has 3 nitrogen and oxygen atoms in total. The molecule has 0 aliphatic carbocycles. The van der Waals surface area contributed by atoms with Crippen molar-refractivity contribution in [1.29, 1.82) is 0 Å². The number of nitrogens with one attached hydrogen (secondary N) is 1. The zero-order valence-electron chi connectivity index (χ0n) is 9.17. The first-order valence-electron chi connectivity index (χ1n) is 5.22. The minimum absolute atomic E-state index is 0.0399. The van der Waals surface area contributed by atoms with Crippen molar-refractivity contribution >= 4 is 16.8 Å². The second-order valence-electron chi connectivity index (χ2n) is 3.59. The van der Waals surface area contributed by atoms with Crippen LogP contribution in [0.5, 0.6) is 0 Å². The van der Waals surface area contributed by atoms with Gasteiger partial charge in [-0.25, -0.2) is 4.21 Å². The maximum absolute atomic E-state index is 10.6. The van der Waals surface area contributed by atoms with E-state index in [1.807, 2.05) is 54.6 Å². The van der Waals surface area contributed by atoms with Crippen molar-refractivity contribution in [2.75, 3.05) is 11.2 Å². The van der Waals surface area contributed by atoms with E-state index in [1.54, 1.807) is 0 Å². The van der Waals surface area contributed by atoms with Crippen LogP contribution in [0.3, 0.4) is 0 Å². The summed E-state index contributed by atoms with van der Waals surface area (Å²) in [4.78, 5) is 0. The van der Waals surface area contributed by atoms with E-state index < -0.39 is 11.1 Å². The van der Waals surface area contributed by atoms with E-state index in [0.717, 1.165) is 16.8 Å². The molecule has 0 aliphatic rings. The lowest BCUT2D eigenvalue weighted by Gasteiger charge is -2.06. The van der Waals surface area contributed by atoms with Crippen LogP contribution in [-0.4, -0.2) is 14.6 Å². The number of rotatable bonds is 4. The van der Waals surface area contributed by atoms with Gasteiger partial charge in [-0.1, -0.05) is 42.5 Å². The molecule has 17 heavy (non-hydrogen) atoms. The minimum atomic E-state index is -1.83. The van der Waals surface area contributed by atoms with Crippen LogP contribution >= 0.6 is 0 Å². The third kappa shape index (κ3) is 3.41. The fraction of sp³-hybridized carbons (Fsp3) is 0.0769. The Bertz CT molecular complexity index is 514. The molecule has 0 bridgehead atoms. The van der Waals surface area contributed by atoms with Gasteiger partial charge in [0.2, 0.25) is 0 Å². The average Bonchev–Trinajstić information content (AvgIpc) is 2.38. The molecule has 0 radical (unpaired) electrons. The molecule has 2 rings (SSSR count). The van der Waals surface area contributed by atoms with Crippen molar-refractivity contribution in [3.63, 3.8) is 0 Å². The van der Waals surface area contributed by atoms with Crippen LogP contribution in [0.2, 0.25) is 0 Å². The van der Waals surface area contributed by atoms with Gasteiger partial charge in [-0.3, -0.25) is 0 Å². The summed E-state index contributed by atoms with van der Waals surface area (Å²) < 4.78 is 19.3. The molecule has 2 N–H and O–H groups in total. The molecule has 0 aromatic heterocycles. The van der Waals surface area contributed by atoms with Gasteiger partial charge in [-0.05, 0) is 23.3 Å². The number of hydrogen-bond donors (Lipinski definition) is 2. The minimum Gasteiger partial charge on any atom is -0.372 e. The normalized spacial score (nSPS) is 12.1. The van der Waals surface area contributed by atoms with Gasteiger partial charge in [0.1, 0.15) is 5.88 Å². The molecule has 0 saturated carbocycles. The molecule has 0 saturated heterocycles. The lowest BCUT2D eigenvalue weighted by Crippen LogP contribution is -2.06. The Morgan fingerprint density at radius 2 is 1.71 bits per heavy atom. The predicted molar refractivity (Wildman–Crippen MR) is 71.1 cm³/mol. The van der Waals surface area contributed by atoms with Crippen molar-refractivity contribution in [2.24, 2.45) is 0 Å². The van der Waals surface area contributed by atoms with Crippen LogP contribution in [0.15, 0.2) is 54.6 Å². The molecule has 0 spiro atoms. The van der Waals surface area contributed by atoms with Crippen molar-refractivity contribution in [1.82, 2.24) is 0 Å². The van der Waals surface area contributed by atoms with Gasteiger partial charge in [0.25, 0.3) is 0 Å². The molecule has 0 heterocycles. The van der Waals surface area contributed by atoms with Gasteiger partial charge >= 0.3 is 0 Å². The molecule has 0 aliphatic heterocycles.